The Hall–Kier alpha value is -1.92. The minimum absolute atomic E-state index is 0.289. The maximum absolute atomic E-state index is 13.1. The third-order valence-corrected chi connectivity index (χ3v) is 4.79. The Bertz CT molecular complexity index is 710. The van der Waals surface area contributed by atoms with E-state index in [1.165, 1.54) is 12.1 Å². The Balaban J connectivity index is 1.77. The first-order valence-corrected chi connectivity index (χ1v) is 8.79. The van der Waals surface area contributed by atoms with Gasteiger partial charge in [-0.25, -0.2) is 9.07 Å². The van der Waals surface area contributed by atoms with Gasteiger partial charge < -0.3 is 9.84 Å². The number of aliphatic hydroxyl groups is 1. The zero-order valence-electron chi connectivity index (χ0n) is 15.1. The smallest absolute Gasteiger partial charge is 0.216 e. The van der Waals surface area contributed by atoms with Crippen molar-refractivity contribution >= 4 is 0 Å². The molecule has 1 N–H and O–H groups in total. The number of hydrogen-bond acceptors (Lipinski definition) is 4. The molecule has 0 radical (unpaired) electrons. The maximum atomic E-state index is 13.1. The minimum Gasteiger partial charge on any atom is -0.481 e. The number of aromatic nitrogens is 2. The lowest BCUT2D eigenvalue weighted by Crippen LogP contribution is -2.30. The molecule has 1 heterocycles. The van der Waals surface area contributed by atoms with E-state index in [-0.39, 0.29) is 5.82 Å². The predicted octanol–water partition coefficient (Wildman–Crippen LogP) is 2.83. The number of aliphatic hydroxyl groups excluding tert-OH is 1. The van der Waals surface area contributed by atoms with Crippen LogP contribution in [0.5, 0.6) is 5.88 Å². The SMILES string of the molecule is CCc1nn(C)c(OC)c1CN(CC(O)c1ccc(F)cc1)C1CC1. The van der Waals surface area contributed by atoms with Gasteiger partial charge in [0.25, 0.3) is 0 Å². The molecule has 136 valence electrons. The zero-order valence-corrected chi connectivity index (χ0v) is 15.1. The normalized spacial score (nSPS) is 15.6. The first-order chi connectivity index (χ1) is 12.0. The van der Waals surface area contributed by atoms with E-state index >= 15 is 0 Å². The van der Waals surface area contributed by atoms with Crippen molar-refractivity contribution in [2.24, 2.45) is 7.05 Å². The van der Waals surface area contributed by atoms with E-state index in [1.54, 1.807) is 23.9 Å². The molecule has 0 amide bonds. The van der Waals surface area contributed by atoms with E-state index in [0.29, 0.717) is 19.1 Å². The highest BCUT2D eigenvalue weighted by atomic mass is 19.1. The molecule has 0 bridgehead atoms. The topological polar surface area (TPSA) is 50.5 Å². The van der Waals surface area contributed by atoms with E-state index in [0.717, 1.165) is 42.0 Å². The highest BCUT2D eigenvalue weighted by Crippen LogP contribution is 2.33. The summed E-state index contributed by atoms with van der Waals surface area (Å²) in [5, 5.41) is 15.1. The molecule has 1 fully saturated rings. The Morgan fingerprint density at radius 2 is 2.04 bits per heavy atom. The van der Waals surface area contributed by atoms with Crippen LogP contribution in [0, 0.1) is 5.82 Å². The summed E-state index contributed by atoms with van der Waals surface area (Å²) < 4.78 is 20.4. The van der Waals surface area contributed by atoms with Crippen LogP contribution in [0.25, 0.3) is 0 Å². The van der Waals surface area contributed by atoms with Crippen LogP contribution in [0.1, 0.15) is 42.7 Å². The fourth-order valence-electron chi connectivity index (χ4n) is 3.30. The molecule has 1 aromatic heterocycles. The van der Waals surface area contributed by atoms with Gasteiger partial charge in [0, 0.05) is 26.2 Å². The first-order valence-electron chi connectivity index (χ1n) is 8.79. The van der Waals surface area contributed by atoms with E-state index in [1.807, 2.05) is 7.05 Å². The summed E-state index contributed by atoms with van der Waals surface area (Å²) in [6, 6.07) is 6.55. The Morgan fingerprint density at radius 3 is 2.60 bits per heavy atom. The van der Waals surface area contributed by atoms with Gasteiger partial charge in [0.1, 0.15) is 5.82 Å². The molecule has 1 aliphatic carbocycles. The van der Waals surface area contributed by atoms with Crippen molar-refractivity contribution in [2.45, 2.75) is 44.9 Å². The van der Waals surface area contributed by atoms with E-state index < -0.39 is 6.10 Å². The van der Waals surface area contributed by atoms with Crippen LogP contribution in [0.4, 0.5) is 4.39 Å². The van der Waals surface area contributed by atoms with E-state index in [2.05, 4.69) is 16.9 Å². The van der Waals surface area contributed by atoms with Crippen molar-refractivity contribution in [3.05, 3.63) is 46.9 Å². The van der Waals surface area contributed by atoms with Gasteiger partial charge in [-0.05, 0) is 37.0 Å². The van der Waals surface area contributed by atoms with Crippen LogP contribution >= 0.6 is 0 Å². The van der Waals surface area contributed by atoms with Crippen molar-refractivity contribution < 1.29 is 14.2 Å². The summed E-state index contributed by atoms with van der Waals surface area (Å²) in [6.45, 7) is 3.29. The summed E-state index contributed by atoms with van der Waals surface area (Å²) in [4.78, 5) is 2.28. The molecule has 25 heavy (non-hydrogen) atoms. The molecule has 1 aromatic carbocycles. The van der Waals surface area contributed by atoms with Crippen molar-refractivity contribution in [2.75, 3.05) is 13.7 Å². The van der Waals surface area contributed by atoms with Crippen LogP contribution in [-0.2, 0) is 20.0 Å². The molecule has 0 aliphatic heterocycles. The number of methoxy groups -OCH3 is 1. The van der Waals surface area contributed by atoms with Gasteiger partial charge >= 0.3 is 0 Å². The fraction of sp³-hybridized carbons (Fsp3) is 0.526. The number of benzene rings is 1. The van der Waals surface area contributed by atoms with Crippen LogP contribution in [-0.4, -0.2) is 39.5 Å². The van der Waals surface area contributed by atoms with Crippen molar-refractivity contribution in [1.29, 1.82) is 0 Å². The van der Waals surface area contributed by atoms with Crippen molar-refractivity contribution in [3.8, 4) is 5.88 Å². The van der Waals surface area contributed by atoms with Gasteiger partial charge in [-0.3, -0.25) is 4.90 Å². The molecule has 1 atom stereocenters. The molecule has 0 spiro atoms. The summed E-state index contributed by atoms with van der Waals surface area (Å²) in [7, 11) is 3.55. The average Bonchev–Trinajstić information content (AvgIpc) is 3.39. The summed E-state index contributed by atoms with van der Waals surface area (Å²) >= 11 is 0. The number of rotatable bonds is 8. The molecule has 1 aliphatic rings. The monoisotopic (exact) mass is 347 g/mol. The highest BCUT2D eigenvalue weighted by molar-refractivity contribution is 5.32. The van der Waals surface area contributed by atoms with Gasteiger partial charge in [0.2, 0.25) is 5.88 Å². The number of ether oxygens (including phenoxy) is 1. The highest BCUT2D eigenvalue weighted by Gasteiger charge is 2.32. The molecule has 1 saturated carbocycles. The average molecular weight is 347 g/mol. The number of hydrogen-bond donors (Lipinski definition) is 1. The van der Waals surface area contributed by atoms with Gasteiger partial charge in [-0.15, -0.1) is 0 Å². The zero-order chi connectivity index (χ0) is 18.0. The lowest BCUT2D eigenvalue weighted by molar-refractivity contribution is 0.103. The summed E-state index contributed by atoms with van der Waals surface area (Å²) in [5.74, 6) is 0.487. The lowest BCUT2D eigenvalue weighted by atomic mass is 10.1. The van der Waals surface area contributed by atoms with Crippen LogP contribution in [0.15, 0.2) is 24.3 Å². The second kappa shape index (κ2) is 7.54. The van der Waals surface area contributed by atoms with E-state index in [4.69, 9.17) is 4.74 Å². The number of nitrogens with zero attached hydrogens (tertiary/aromatic N) is 3. The maximum Gasteiger partial charge on any atom is 0.216 e. The minimum atomic E-state index is -0.644. The molecule has 3 rings (SSSR count). The van der Waals surface area contributed by atoms with Gasteiger partial charge in [-0.1, -0.05) is 19.1 Å². The lowest BCUT2D eigenvalue weighted by Gasteiger charge is -2.25. The second-order valence-electron chi connectivity index (χ2n) is 6.64. The molecule has 1 unspecified atom stereocenters. The van der Waals surface area contributed by atoms with Crippen LogP contribution in [0.3, 0.4) is 0 Å². The van der Waals surface area contributed by atoms with Gasteiger partial charge in [0.15, 0.2) is 0 Å². The third kappa shape index (κ3) is 4.02. The first kappa shape index (κ1) is 17.9. The molecular weight excluding hydrogens is 321 g/mol. The molecular formula is C19H26FN3O2. The molecule has 5 nitrogen and oxygen atoms in total. The van der Waals surface area contributed by atoms with Gasteiger partial charge in [0.05, 0.1) is 24.5 Å². The predicted molar refractivity (Wildman–Crippen MR) is 93.9 cm³/mol. The van der Waals surface area contributed by atoms with Crippen molar-refractivity contribution in [3.63, 3.8) is 0 Å². The Kier molecular flexibility index (Phi) is 5.39. The largest absolute Gasteiger partial charge is 0.481 e. The second-order valence-corrected chi connectivity index (χ2v) is 6.64. The van der Waals surface area contributed by atoms with E-state index in [9.17, 15) is 9.50 Å². The quantitative estimate of drug-likeness (QED) is 0.798. The molecule has 0 saturated heterocycles. The number of halogens is 1. The van der Waals surface area contributed by atoms with Crippen molar-refractivity contribution in [1.82, 2.24) is 14.7 Å². The molecule has 6 heteroatoms. The third-order valence-electron chi connectivity index (χ3n) is 4.79. The number of aryl methyl sites for hydroxylation is 2. The van der Waals surface area contributed by atoms with Gasteiger partial charge in [-0.2, -0.15) is 5.10 Å². The Morgan fingerprint density at radius 1 is 1.36 bits per heavy atom. The standard InChI is InChI=1S/C19H26FN3O2/c1-4-17-16(19(25-3)22(2)21-17)11-23(15-9-10-15)12-18(24)13-5-7-14(20)8-6-13/h5-8,15,18,24H,4,9-12H2,1-3H3. The van der Waals surface area contributed by atoms with Crippen LogP contribution in [0.2, 0.25) is 0 Å². The summed E-state index contributed by atoms with van der Waals surface area (Å²) in [6.07, 6.45) is 2.47. The molecule has 2 aromatic rings. The summed E-state index contributed by atoms with van der Waals surface area (Å²) in [5.41, 5.74) is 2.85. The fourth-order valence-corrected chi connectivity index (χ4v) is 3.30. The Labute approximate surface area is 148 Å². The van der Waals surface area contributed by atoms with Crippen LogP contribution < -0.4 is 4.74 Å².